The van der Waals surface area contributed by atoms with Crippen molar-refractivity contribution in [1.82, 2.24) is 4.90 Å². The van der Waals surface area contributed by atoms with Crippen LogP contribution in [0.25, 0.3) is 0 Å². The molecule has 3 nitrogen and oxygen atoms in total. The van der Waals surface area contributed by atoms with Gasteiger partial charge in [0, 0.05) is 13.2 Å². The average Bonchev–Trinajstić information content (AvgIpc) is 2.43. The van der Waals surface area contributed by atoms with Crippen molar-refractivity contribution in [1.29, 1.82) is 0 Å². The van der Waals surface area contributed by atoms with Crippen LogP contribution >= 0.6 is 0 Å². The van der Waals surface area contributed by atoms with Gasteiger partial charge in [-0.05, 0) is 38.3 Å². The molecular weight excluding hydrogens is 250 g/mol. The van der Waals surface area contributed by atoms with Gasteiger partial charge in [-0.25, -0.2) is 0 Å². The predicted octanol–water partition coefficient (Wildman–Crippen LogP) is 3.70. The van der Waals surface area contributed by atoms with Crippen molar-refractivity contribution in [2.75, 3.05) is 32.8 Å². The minimum absolute atomic E-state index is 0.350. The number of rotatable bonds is 14. The second-order valence-corrected chi connectivity index (χ2v) is 5.91. The molecule has 0 saturated heterocycles. The van der Waals surface area contributed by atoms with Crippen molar-refractivity contribution >= 4 is 0 Å². The molecule has 0 saturated carbocycles. The molecule has 0 fully saturated rings. The fourth-order valence-electron chi connectivity index (χ4n) is 2.55. The predicted molar refractivity (Wildman–Crippen MR) is 87.2 cm³/mol. The molecule has 2 atom stereocenters. The number of hydrogen-bond acceptors (Lipinski definition) is 3. The van der Waals surface area contributed by atoms with Crippen LogP contribution in [0, 0.1) is 5.92 Å². The average molecular weight is 287 g/mol. The Labute approximate surface area is 126 Å². The Kier molecular flexibility index (Phi) is 13.8. The summed E-state index contributed by atoms with van der Waals surface area (Å²) in [5.74, 6) is 0.657. The Balaban J connectivity index is 3.80. The van der Waals surface area contributed by atoms with Gasteiger partial charge in [0.05, 0.1) is 12.7 Å². The fourth-order valence-corrected chi connectivity index (χ4v) is 2.55. The van der Waals surface area contributed by atoms with Crippen molar-refractivity contribution in [3.8, 4) is 0 Å². The smallest absolute Gasteiger partial charge is 0.0900 e. The largest absolute Gasteiger partial charge is 0.389 e. The Bertz CT molecular complexity index is 193. The Morgan fingerprint density at radius 1 is 0.950 bits per heavy atom. The van der Waals surface area contributed by atoms with E-state index in [1.54, 1.807) is 0 Å². The SMILES string of the molecule is CCCCC(CC)COCC(O)CN(CCC)CCC. The Morgan fingerprint density at radius 3 is 2.10 bits per heavy atom. The van der Waals surface area contributed by atoms with Crippen LogP contribution in [0.4, 0.5) is 0 Å². The minimum atomic E-state index is -0.350. The van der Waals surface area contributed by atoms with E-state index in [0.717, 1.165) is 39.1 Å². The molecule has 0 spiro atoms. The molecule has 0 aromatic rings. The van der Waals surface area contributed by atoms with Crippen molar-refractivity contribution in [3.63, 3.8) is 0 Å². The van der Waals surface area contributed by atoms with Crippen LogP contribution in [-0.4, -0.2) is 49.0 Å². The number of aliphatic hydroxyl groups excluding tert-OH is 1. The van der Waals surface area contributed by atoms with Gasteiger partial charge in [0.25, 0.3) is 0 Å². The lowest BCUT2D eigenvalue weighted by molar-refractivity contribution is 0.00294. The van der Waals surface area contributed by atoms with E-state index < -0.39 is 0 Å². The van der Waals surface area contributed by atoms with Crippen molar-refractivity contribution in [2.24, 2.45) is 5.92 Å². The molecule has 0 aromatic heterocycles. The third kappa shape index (κ3) is 10.6. The summed E-state index contributed by atoms with van der Waals surface area (Å²) in [6, 6.07) is 0. The molecule has 0 rings (SSSR count). The van der Waals surface area contributed by atoms with Gasteiger partial charge >= 0.3 is 0 Å². The van der Waals surface area contributed by atoms with Crippen LogP contribution in [0.1, 0.15) is 66.2 Å². The summed E-state index contributed by atoms with van der Waals surface area (Å²) in [7, 11) is 0. The number of hydrogen-bond donors (Lipinski definition) is 1. The maximum Gasteiger partial charge on any atom is 0.0900 e. The van der Waals surface area contributed by atoms with E-state index >= 15 is 0 Å². The highest BCUT2D eigenvalue weighted by atomic mass is 16.5. The van der Waals surface area contributed by atoms with Gasteiger partial charge in [0.1, 0.15) is 0 Å². The minimum Gasteiger partial charge on any atom is -0.389 e. The van der Waals surface area contributed by atoms with Gasteiger partial charge < -0.3 is 14.7 Å². The molecule has 2 unspecified atom stereocenters. The topological polar surface area (TPSA) is 32.7 Å². The van der Waals surface area contributed by atoms with E-state index in [4.69, 9.17) is 4.74 Å². The summed E-state index contributed by atoms with van der Waals surface area (Å²) >= 11 is 0. The maximum atomic E-state index is 10.1. The van der Waals surface area contributed by atoms with Gasteiger partial charge in [-0.15, -0.1) is 0 Å². The lowest BCUT2D eigenvalue weighted by Gasteiger charge is -2.24. The lowest BCUT2D eigenvalue weighted by atomic mass is 10.0. The number of nitrogens with zero attached hydrogens (tertiary/aromatic N) is 1. The van der Waals surface area contributed by atoms with E-state index in [1.807, 2.05) is 0 Å². The first kappa shape index (κ1) is 19.9. The highest BCUT2D eigenvalue weighted by Crippen LogP contribution is 2.13. The molecule has 122 valence electrons. The second kappa shape index (κ2) is 13.8. The summed E-state index contributed by atoms with van der Waals surface area (Å²) in [6.45, 7) is 13.0. The van der Waals surface area contributed by atoms with E-state index in [-0.39, 0.29) is 6.10 Å². The summed E-state index contributed by atoms with van der Waals surface area (Å²) in [5.41, 5.74) is 0. The summed E-state index contributed by atoms with van der Waals surface area (Å²) in [5, 5.41) is 10.1. The number of aliphatic hydroxyl groups is 1. The zero-order valence-corrected chi connectivity index (χ0v) is 14.2. The van der Waals surface area contributed by atoms with E-state index in [9.17, 15) is 5.11 Å². The van der Waals surface area contributed by atoms with Gasteiger partial charge in [-0.1, -0.05) is 47.0 Å². The number of unbranched alkanes of at least 4 members (excludes halogenated alkanes) is 1. The second-order valence-electron chi connectivity index (χ2n) is 5.91. The molecule has 0 aliphatic rings. The molecule has 0 aliphatic heterocycles. The summed E-state index contributed by atoms with van der Waals surface area (Å²) < 4.78 is 5.73. The molecule has 0 aliphatic carbocycles. The van der Waals surface area contributed by atoms with Crippen LogP contribution in [-0.2, 0) is 4.74 Å². The third-order valence-electron chi connectivity index (χ3n) is 3.76. The van der Waals surface area contributed by atoms with Crippen LogP contribution in [0.3, 0.4) is 0 Å². The lowest BCUT2D eigenvalue weighted by Crippen LogP contribution is -2.36. The fraction of sp³-hybridized carbons (Fsp3) is 1.00. The quantitative estimate of drug-likeness (QED) is 0.529. The van der Waals surface area contributed by atoms with Crippen molar-refractivity contribution < 1.29 is 9.84 Å². The van der Waals surface area contributed by atoms with Gasteiger partial charge in [-0.2, -0.15) is 0 Å². The molecule has 1 N–H and O–H groups in total. The van der Waals surface area contributed by atoms with Crippen LogP contribution < -0.4 is 0 Å². The van der Waals surface area contributed by atoms with Gasteiger partial charge in [0.2, 0.25) is 0 Å². The molecule has 0 aromatic carbocycles. The highest BCUT2D eigenvalue weighted by Gasteiger charge is 2.12. The first-order chi connectivity index (χ1) is 9.67. The maximum absolute atomic E-state index is 10.1. The zero-order chi connectivity index (χ0) is 15.2. The molecule has 0 heterocycles. The Morgan fingerprint density at radius 2 is 1.60 bits per heavy atom. The summed E-state index contributed by atoms with van der Waals surface area (Å²) in [6.07, 6.45) is 6.89. The normalized spacial score (nSPS) is 14.7. The van der Waals surface area contributed by atoms with E-state index in [0.29, 0.717) is 12.5 Å². The molecule has 0 bridgehead atoms. The standard InChI is InChI=1S/C17H37NO2/c1-5-9-10-16(8-4)14-20-15-17(19)13-18(11-6-2)12-7-3/h16-17,19H,5-15H2,1-4H3. The number of ether oxygens (including phenoxy) is 1. The first-order valence-corrected chi connectivity index (χ1v) is 8.65. The molecular formula is C17H37NO2. The third-order valence-corrected chi connectivity index (χ3v) is 3.76. The Hall–Kier alpha value is -0.120. The van der Waals surface area contributed by atoms with Crippen molar-refractivity contribution in [3.05, 3.63) is 0 Å². The summed E-state index contributed by atoms with van der Waals surface area (Å²) in [4.78, 5) is 2.34. The van der Waals surface area contributed by atoms with Gasteiger partial charge in [-0.3, -0.25) is 0 Å². The van der Waals surface area contributed by atoms with Crippen molar-refractivity contribution in [2.45, 2.75) is 72.3 Å². The molecule has 0 radical (unpaired) electrons. The zero-order valence-electron chi connectivity index (χ0n) is 14.2. The first-order valence-electron chi connectivity index (χ1n) is 8.65. The van der Waals surface area contributed by atoms with Gasteiger partial charge in [0.15, 0.2) is 0 Å². The van der Waals surface area contributed by atoms with Crippen LogP contribution in [0.15, 0.2) is 0 Å². The van der Waals surface area contributed by atoms with E-state index in [2.05, 4.69) is 32.6 Å². The monoisotopic (exact) mass is 287 g/mol. The molecule has 20 heavy (non-hydrogen) atoms. The van der Waals surface area contributed by atoms with Crippen LogP contribution in [0.5, 0.6) is 0 Å². The van der Waals surface area contributed by atoms with E-state index in [1.165, 1.54) is 25.7 Å². The highest BCUT2D eigenvalue weighted by molar-refractivity contribution is 4.64. The molecule has 0 amide bonds. The molecule has 3 heteroatoms. The van der Waals surface area contributed by atoms with Crippen LogP contribution in [0.2, 0.25) is 0 Å².